The smallest absolute Gasteiger partial charge is 0.263 e. The lowest BCUT2D eigenvalue weighted by Crippen LogP contribution is -2.26. The lowest BCUT2D eigenvalue weighted by atomic mass is 10.1. The molecule has 0 N–H and O–H groups in total. The van der Waals surface area contributed by atoms with Crippen molar-refractivity contribution in [2.75, 3.05) is 0 Å². The van der Waals surface area contributed by atoms with Gasteiger partial charge in [-0.05, 0) is 63.2 Å². The summed E-state index contributed by atoms with van der Waals surface area (Å²) in [5, 5.41) is 1.31. The van der Waals surface area contributed by atoms with Gasteiger partial charge in [-0.15, -0.1) is 0 Å². The van der Waals surface area contributed by atoms with Gasteiger partial charge in [0.05, 0.1) is 11.0 Å². The first-order valence-electron chi connectivity index (χ1n) is 8.44. The molecule has 0 fully saturated rings. The number of rotatable bonds is 6. The van der Waals surface area contributed by atoms with Crippen LogP contribution < -0.4 is 5.30 Å². The molecule has 0 radical (unpaired) electrons. The maximum Gasteiger partial charge on any atom is 0.297 e. The average Bonchev–Trinajstić information content (AvgIpc) is 2.50. The van der Waals surface area contributed by atoms with Gasteiger partial charge < -0.3 is 0 Å². The van der Waals surface area contributed by atoms with E-state index in [1.807, 2.05) is 20.8 Å². The quantitative estimate of drug-likeness (QED) is 0.552. The van der Waals surface area contributed by atoms with Crippen LogP contribution in [0.2, 0.25) is 0 Å². The Morgan fingerprint density at radius 1 is 0.880 bits per heavy atom. The molecule has 25 heavy (non-hydrogen) atoms. The largest absolute Gasteiger partial charge is 0.297 e. The van der Waals surface area contributed by atoms with Gasteiger partial charge in [-0.3, -0.25) is 4.18 Å². The number of hydrogen-bond acceptors (Lipinski definition) is 3. The predicted molar refractivity (Wildman–Crippen MR) is 107 cm³/mol. The Morgan fingerprint density at radius 3 is 1.92 bits per heavy atom. The second-order valence-corrected chi connectivity index (χ2v) is 10.0. The normalized spacial score (nSPS) is 14.8. The van der Waals surface area contributed by atoms with Crippen molar-refractivity contribution in [3.05, 3.63) is 58.7 Å². The number of hydrogen-bond donors (Lipinski definition) is 0. The van der Waals surface area contributed by atoms with Crippen LogP contribution in [0.15, 0.2) is 41.3 Å². The van der Waals surface area contributed by atoms with Gasteiger partial charge in [0, 0.05) is 5.66 Å². The minimum Gasteiger partial charge on any atom is -0.263 e. The van der Waals surface area contributed by atoms with E-state index in [4.69, 9.17) is 4.18 Å². The van der Waals surface area contributed by atoms with Crippen LogP contribution >= 0.6 is 8.58 Å². The summed E-state index contributed by atoms with van der Waals surface area (Å²) in [6.45, 7) is 12.1. The summed E-state index contributed by atoms with van der Waals surface area (Å²) in [5.41, 5.74) is 4.91. The van der Waals surface area contributed by atoms with Gasteiger partial charge in [0.1, 0.15) is 0 Å². The highest BCUT2D eigenvalue weighted by Crippen LogP contribution is 2.28. The molecule has 0 bridgehead atoms. The first-order chi connectivity index (χ1) is 11.6. The van der Waals surface area contributed by atoms with Crippen molar-refractivity contribution in [3.63, 3.8) is 0 Å². The first kappa shape index (κ1) is 20.1. The van der Waals surface area contributed by atoms with Crippen molar-refractivity contribution in [1.29, 1.82) is 0 Å². The van der Waals surface area contributed by atoms with Gasteiger partial charge in [0.15, 0.2) is 0 Å². The molecule has 0 spiro atoms. The molecule has 2 aromatic carbocycles. The third-order valence-electron chi connectivity index (χ3n) is 4.34. The van der Waals surface area contributed by atoms with E-state index in [9.17, 15) is 8.42 Å². The topological polar surface area (TPSA) is 43.4 Å². The van der Waals surface area contributed by atoms with E-state index >= 15 is 0 Å². The maximum absolute atomic E-state index is 12.5. The fourth-order valence-electron chi connectivity index (χ4n) is 2.80. The molecule has 1 unspecified atom stereocenters. The zero-order valence-electron chi connectivity index (χ0n) is 15.8. The van der Waals surface area contributed by atoms with E-state index in [0.717, 1.165) is 5.56 Å². The lowest BCUT2D eigenvalue weighted by Gasteiger charge is -2.22. The minimum atomic E-state index is -3.74. The fraction of sp³-hybridized carbons (Fsp3) is 0.400. The minimum absolute atomic E-state index is 0.111. The van der Waals surface area contributed by atoms with Gasteiger partial charge in [-0.1, -0.05) is 50.9 Å². The van der Waals surface area contributed by atoms with Crippen LogP contribution in [-0.2, 0) is 14.3 Å². The Morgan fingerprint density at radius 2 is 1.40 bits per heavy atom. The van der Waals surface area contributed by atoms with Crippen molar-refractivity contribution in [2.45, 2.75) is 58.2 Å². The van der Waals surface area contributed by atoms with E-state index in [1.54, 1.807) is 24.3 Å². The third-order valence-corrected chi connectivity index (χ3v) is 7.75. The van der Waals surface area contributed by atoms with Crippen LogP contribution in [0, 0.1) is 27.7 Å². The van der Waals surface area contributed by atoms with Crippen molar-refractivity contribution >= 4 is 24.0 Å². The summed E-state index contributed by atoms with van der Waals surface area (Å²) in [6.07, 6.45) is -0.385. The highest BCUT2D eigenvalue weighted by Gasteiger charge is 2.24. The lowest BCUT2D eigenvalue weighted by molar-refractivity contribution is 0.229. The molecule has 3 atom stereocenters. The molecule has 2 aromatic rings. The zero-order valence-corrected chi connectivity index (χ0v) is 17.6. The Bertz CT molecular complexity index is 819. The SMILES string of the molecule is Cc1ccc(S(=O)(=O)O[C@@H](C)[C@@H](C)Pc2c(C)cc(C)cc2C)cc1. The van der Waals surface area contributed by atoms with Crippen molar-refractivity contribution in [2.24, 2.45) is 0 Å². The van der Waals surface area contributed by atoms with E-state index in [0.29, 0.717) is 8.58 Å². The summed E-state index contributed by atoms with van der Waals surface area (Å²) in [4.78, 5) is 0.211. The monoisotopic (exact) mass is 378 g/mol. The molecule has 0 heterocycles. The molecule has 0 amide bonds. The Kier molecular flexibility index (Phi) is 6.42. The molecule has 0 aliphatic carbocycles. The van der Waals surface area contributed by atoms with Crippen LogP contribution in [0.3, 0.4) is 0 Å². The van der Waals surface area contributed by atoms with Gasteiger partial charge in [-0.2, -0.15) is 8.42 Å². The summed E-state index contributed by atoms with van der Waals surface area (Å²) >= 11 is 0. The summed E-state index contributed by atoms with van der Waals surface area (Å²) in [5.74, 6) is 0. The Hall–Kier alpha value is -1.22. The first-order valence-corrected chi connectivity index (χ1v) is 10.9. The van der Waals surface area contributed by atoms with Crippen LogP contribution in [0.1, 0.15) is 36.1 Å². The Balaban J connectivity index is 2.12. The van der Waals surface area contributed by atoms with E-state index in [-0.39, 0.29) is 16.7 Å². The fourth-order valence-corrected chi connectivity index (χ4v) is 5.40. The highest BCUT2D eigenvalue weighted by molar-refractivity contribution is 7.86. The molecule has 2 rings (SSSR count). The highest BCUT2D eigenvalue weighted by atomic mass is 32.2. The van der Waals surface area contributed by atoms with Gasteiger partial charge in [0.25, 0.3) is 10.1 Å². The maximum atomic E-state index is 12.5. The molecule has 5 heteroatoms. The molecule has 0 aliphatic rings. The number of aryl methyl sites for hydroxylation is 4. The summed E-state index contributed by atoms with van der Waals surface area (Å²) in [7, 11) is -3.23. The van der Waals surface area contributed by atoms with Crippen LogP contribution in [0.5, 0.6) is 0 Å². The second-order valence-electron chi connectivity index (χ2n) is 6.78. The van der Waals surface area contributed by atoms with Crippen molar-refractivity contribution in [3.8, 4) is 0 Å². The number of benzene rings is 2. The third kappa shape index (κ3) is 5.13. The molecule has 0 aliphatic heterocycles. The van der Waals surface area contributed by atoms with Gasteiger partial charge in [-0.25, -0.2) is 0 Å². The molecule has 136 valence electrons. The van der Waals surface area contributed by atoms with Crippen molar-refractivity contribution in [1.82, 2.24) is 0 Å². The standard InChI is InChI=1S/C20H27O3PS/c1-13-7-9-19(10-8-13)25(21,22)23-17(5)18(6)24-20-15(3)11-14(2)12-16(20)4/h7-12,17-18,24H,1-6H3/t17-,18+/m0/s1. The zero-order chi connectivity index (χ0) is 18.8. The van der Waals surface area contributed by atoms with E-state index < -0.39 is 10.1 Å². The summed E-state index contributed by atoms with van der Waals surface area (Å²) < 4.78 is 30.4. The molecular weight excluding hydrogens is 351 g/mol. The molecule has 0 saturated carbocycles. The van der Waals surface area contributed by atoms with E-state index in [1.165, 1.54) is 22.0 Å². The van der Waals surface area contributed by atoms with E-state index in [2.05, 4.69) is 32.9 Å². The molecular formula is C20H27O3PS. The molecule has 3 nitrogen and oxygen atoms in total. The van der Waals surface area contributed by atoms with Gasteiger partial charge in [0.2, 0.25) is 0 Å². The molecule has 0 aromatic heterocycles. The molecule has 0 saturated heterocycles. The predicted octanol–water partition coefficient (Wildman–Crippen LogP) is 4.41. The summed E-state index contributed by atoms with van der Waals surface area (Å²) in [6, 6.07) is 11.1. The van der Waals surface area contributed by atoms with Crippen LogP contribution in [0.25, 0.3) is 0 Å². The average molecular weight is 378 g/mol. The second kappa shape index (κ2) is 7.99. The Labute approximate surface area is 153 Å². The van der Waals surface area contributed by atoms with Crippen molar-refractivity contribution < 1.29 is 12.6 Å². The van der Waals surface area contributed by atoms with Crippen LogP contribution in [-0.4, -0.2) is 20.2 Å². The van der Waals surface area contributed by atoms with Crippen LogP contribution in [0.4, 0.5) is 0 Å². The van der Waals surface area contributed by atoms with Gasteiger partial charge >= 0.3 is 0 Å².